The van der Waals surface area contributed by atoms with Crippen LogP contribution in [0.3, 0.4) is 0 Å². The highest BCUT2D eigenvalue weighted by atomic mass is 15.3. The fourth-order valence-electron chi connectivity index (χ4n) is 8.95. The van der Waals surface area contributed by atoms with Gasteiger partial charge in [-0.15, -0.1) is 0 Å². The Bertz CT molecular complexity index is 2800. The number of nitrogens with zero attached hydrogens (tertiary/aromatic N) is 3. The van der Waals surface area contributed by atoms with Crippen molar-refractivity contribution < 1.29 is 0 Å². The van der Waals surface area contributed by atoms with Crippen LogP contribution in [0, 0.1) is 0 Å². The van der Waals surface area contributed by atoms with Gasteiger partial charge in [0.1, 0.15) is 0 Å². The summed E-state index contributed by atoms with van der Waals surface area (Å²) in [5.74, 6) is 0. The second-order valence-electron chi connectivity index (χ2n) is 14.0. The molecule has 250 valence electrons. The van der Waals surface area contributed by atoms with Crippen LogP contribution in [-0.4, -0.2) is 17.7 Å². The minimum atomic E-state index is 0.873. The molecule has 0 spiro atoms. The average Bonchev–Trinajstić information content (AvgIpc) is 3.57. The van der Waals surface area contributed by atoms with Gasteiger partial charge in [0.15, 0.2) is 0 Å². The summed E-state index contributed by atoms with van der Waals surface area (Å²) >= 11 is 0. The first-order chi connectivity index (χ1) is 26.3. The number of rotatable bonds is 3. The number of hydrogen-bond acceptors (Lipinski definition) is 2. The minimum absolute atomic E-state index is 0.873. The van der Waals surface area contributed by atoms with E-state index in [9.17, 15) is 0 Å². The van der Waals surface area contributed by atoms with Crippen LogP contribution in [-0.2, 0) is 0 Å². The fraction of sp³-hybridized carbons (Fsp3) is 0.0400. The van der Waals surface area contributed by atoms with E-state index in [4.69, 9.17) is 0 Å². The van der Waals surface area contributed by atoms with Gasteiger partial charge in [0.05, 0.1) is 28.1 Å². The smallest absolute Gasteiger partial charge is 0.0659 e. The molecule has 1 aliphatic carbocycles. The maximum absolute atomic E-state index is 2.50. The van der Waals surface area contributed by atoms with Gasteiger partial charge < -0.3 is 14.4 Å². The second kappa shape index (κ2) is 11.9. The maximum Gasteiger partial charge on any atom is 0.0659 e. The number of anilines is 4. The molecule has 2 heterocycles. The highest BCUT2D eigenvalue weighted by molar-refractivity contribution is 6.12. The zero-order valence-corrected chi connectivity index (χ0v) is 29.2. The average molecular weight is 678 g/mol. The molecule has 0 atom stereocenters. The van der Waals surface area contributed by atoms with E-state index in [0.29, 0.717) is 0 Å². The van der Waals surface area contributed by atoms with Crippen molar-refractivity contribution in [1.29, 1.82) is 0 Å². The predicted octanol–water partition coefficient (Wildman–Crippen LogP) is 13.1. The molecule has 0 fully saturated rings. The first-order valence-electron chi connectivity index (χ1n) is 18.5. The lowest BCUT2D eigenvalue weighted by Gasteiger charge is -2.40. The normalized spacial score (nSPS) is 13.1. The molecule has 0 saturated carbocycles. The highest BCUT2D eigenvalue weighted by Gasteiger charge is 2.31. The zero-order chi connectivity index (χ0) is 34.9. The maximum atomic E-state index is 2.50. The molecule has 53 heavy (non-hydrogen) atoms. The summed E-state index contributed by atoms with van der Waals surface area (Å²) in [6, 6.07) is 69.2. The van der Waals surface area contributed by atoms with E-state index in [1.54, 1.807) is 0 Å². The SMILES string of the molecule is c1ccc(N2CCN(c3ccccc3)c3cc4c(cc32)-c2ccccc2-c2ccccc2-c2c-4cccc2-n2c3ccccc3c3ccccc32)cc1. The van der Waals surface area contributed by atoms with Crippen LogP contribution in [0.1, 0.15) is 0 Å². The van der Waals surface area contributed by atoms with Gasteiger partial charge in [-0.25, -0.2) is 0 Å². The molecule has 0 amide bonds. The van der Waals surface area contributed by atoms with Crippen LogP contribution >= 0.6 is 0 Å². The molecule has 1 aliphatic heterocycles. The molecule has 2 aliphatic rings. The van der Waals surface area contributed by atoms with Crippen molar-refractivity contribution in [2.75, 3.05) is 22.9 Å². The van der Waals surface area contributed by atoms with E-state index >= 15 is 0 Å². The first-order valence-corrected chi connectivity index (χ1v) is 18.5. The van der Waals surface area contributed by atoms with Gasteiger partial charge in [0.2, 0.25) is 0 Å². The Labute approximate surface area is 309 Å². The summed E-state index contributed by atoms with van der Waals surface area (Å²) in [7, 11) is 0. The summed E-state index contributed by atoms with van der Waals surface area (Å²) in [6.07, 6.45) is 0. The van der Waals surface area contributed by atoms with Crippen molar-refractivity contribution in [3.63, 3.8) is 0 Å². The zero-order valence-electron chi connectivity index (χ0n) is 29.2. The van der Waals surface area contributed by atoms with Crippen molar-refractivity contribution in [3.8, 4) is 50.2 Å². The van der Waals surface area contributed by atoms with Crippen LogP contribution in [0.25, 0.3) is 72.0 Å². The summed E-state index contributed by atoms with van der Waals surface area (Å²) < 4.78 is 2.49. The Morgan fingerprint density at radius 1 is 0.302 bits per heavy atom. The number of benzene rings is 8. The monoisotopic (exact) mass is 677 g/mol. The van der Waals surface area contributed by atoms with Crippen molar-refractivity contribution in [2.45, 2.75) is 0 Å². The van der Waals surface area contributed by atoms with Crippen molar-refractivity contribution in [3.05, 3.63) is 188 Å². The third-order valence-corrected chi connectivity index (χ3v) is 11.2. The molecule has 8 aromatic carbocycles. The lowest BCUT2D eigenvalue weighted by atomic mass is 9.79. The van der Waals surface area contributed by atoms with E-state index in [0.717, 1.165) is 13.1 Å². The minimum Gasteiger partial charge on any atom is -0.338 e. The van der Waals surface area contributed by atoms with Gasteiger partial charge in [-0.3, -0.25) is 0 Å². The van der Waals surface area contributed by atoms with Crippen LogP contribution in [0.4, 0.5) is 22.7 Å². The van der Waals surface area contributed by atoms with Gasteiger partial charge >= 0.3 is 0 Å². The van der Waals surface area contributed by atoms with Gasteiger partial charge in [0, 0.05) is 40.8 Å². The molecule has 0 radical (unpaired) electrons. The fourth-order valence-corrected chi connectivity index (χ4v) is 8.95. The van der Waals surface area contributed by atoms with Gasteiger partial charge in [-0.1, -0.05) is 133 Å². The summed E-state index contributed by atoms with van der Waals surface area (Å²) in [5, 5.41) is 2.53. The van der Waals surface area contributed by atoms with Gasteiger partial charge in [0.25, 0.3) is 0 Å². The third kappa shape index (κ3) is 4.54. The van der Waals surface area contributed by atoms with Crippen LogP contribution in [0.15, 0.2) is 188 Å². The van der Waals surface area contributed by atoms with E-state index in [1.807, 2.05) is 0 Å². The van der Waals surface area contributed by atoms with Crippen LogP contribution in [0.5, 0.6) is 0 Å². The Hall–Kier alpha value is -6.84. The summed E-state index contributed by atoms with van der Waals surface area (Å²) in [5.41, 5.74) is 18.4. The van der Waals surface area contributed by atoms with E-state index < -0.39 is 0 Å². The van der Waals surface area contributed by atoms with E-state index in [-0.39, 0.29) is 0 Å². The topological polar surface area (TPSA) is 11.4 Å². The van der Waals surface area contributed by atoms with Crippen molar-refractivity contribution in [1.82, 2.24) is 4.57 Å². The third-order valence-electron chi connectivity index (χ3n) is 11.2. The molecular weight excluding hydrogens is 643 g/mol. The molecule has 3 nitrogen and oxygen atoms in total. The van der Waals surface area contributed by atoms with Crippen LogP contribution in [0.2, 0.25) is 0 Å². The second-order valence-corrected chi connectivity index (χ2v) is 14.0. The molecule has 0 saturated heterocycles. The molecule has 1 aromatic heterocycles. The Morgan fingerprint density at radius 2 is 0.717 bits per heavy atom. The standard InChI is InChI=1S/C50H35N3/c1-3-16-34(17-4-1)51-30-31-52(35-18-5-2-6-19-35)49-33-44-42-26-15-29-47(53-45-27-13-11-23-39(45)40-24-12-14-28-46(40)53)50(42)41-25-10-9-21-37(41)36-20-7-8-22-38(36)43(44)32-48(49)51/h1-29,32-33H,30-31H2. The molecule has 3 heteroatoms. The summed E-state index contributed by atoms with van der Waals surface area (Å²) in [4.78, 5) is 5.00. The lowest BCUT2D eigenvalue weighted by Crippen LogP contribution is -2.36. The largest absolute Gasteiger partial charge is 0.338 e. The number of fused-ring (bicyclic) bond motifs is 12. The van der Waals surface area contributed by atoms with Crippen LogP contribution < -0.4 is 9.80 Å². The van der Waals surface area contributed by atoms with E-state index in [2.05, 4.69) is 202 Å². The predicted molar refractivity (Wildman–Crippen MR) is 223 cm³/mol. The number of hydrogen-bond donors (Lipinski definition) is 0. The Kier molecular flexibility index (Phi) is 6.68. The number of aromatic nitrogens is 1. The molecule has 0 N–H and O–H groups in total. The molecule has 0 unspecified atom stereocenters. The molecule has 0 bridgehead atoms. The number of para-hydroxylation sites is 4. The molecule has 9 aromatic rings. The summed E-state index contributed by atoms with van der Waals surface area (Å²) in [6.45, 7) is 1.75. The lowest BCUT2D eigenvalue weighted by molar-refractivity contribution is 0.850. The van der Waals surface area contributed by atoms with Crippen molar-refractivity contribution >= 4 is 44.6 Å². The molecule has 11 rings (SSSR count). The van der Waals surface area contributed by atoms with Gasteiger partial charge in [-0.2, -0.15) is 0 Å². The van der Waals surface area contributed by atoms with E-state index in [1.165, 1.54) is 94.8 Å². The highest BCUT2D eigenvalue weighted by Crippen LogP contribution is 2.54. The first kappa shape index (κ1) is 29.8. The Morgan fingerprint density at radius 3 is 1.28 bits per heavy atom. The quantitative estimate of drug-likeness (QED) is 0.184. The van der Waals surface area contributed by atoms with Gasteiger partial charge in [-0.05, 0) is 93.5 Å². The molecular formula is C50H35N3. The Balaban J connectivity index is 1.28. The van der Waals surface area contributed by atoms with Crippen molar-refractivity contribution in [2.24, 2.45) is 0 Å².